The lowest BCUT2D eigenvalue weighted by atomic mass is 9.91. The minimum Gasteiger partial charge on any atom is -0.368 e. The van der Waals surface area contributed by atoms with E-state index in [9.17, 15) is 9.59 Å². The van der Waals surface area contributed by atoms with Crippen molar-refractivity contribution >= 4 is 17.5 Å². The smallest absolute Gasteiger partial charge is 0.244 e. The van der Waals surface area contributed by atoms with Crippen molar-refractivity contribution < 1.29 is 9.59 Å². The van der Waals surface area contributed by atoms with Crippen LogP contribution < -0.4 is 4.90 Å². The van der Waals surface area contributed by atoms with Gasteiger partial charge in [0.05, 0.1) is 6.54 Å². The van der Waals surface area contributed by atoms with Crippen molar-refractivity contribution in [3.63, 3.8) is 0 Å². The van der Waals surface area contributed by atoms with Crippen LogP contribution in [0.5, 0.6) is 0 Å². The number of likely N-dealkylation sites (tertiary alicyclic amines) is 1. The Morgan fingerprint density at radius 3 is 2.19 bits per heavy atom. The van der Waals surface area contributed by atoms with Crippen LogP contribution >= 0.6 is 0 Å². The molecule has 3 aliphatic rings. The lowest BCUT2D eigenvalue weighted by molar-refractivity contribution is -0.140. The first kappa shape index (κ1) is 21.0. The van der Waals surface area contributed by atoms with Crippen LogP contribution in [0.1, 0.15) is 30.0 Å². The van der Waals surface area contributed by atoms with Gasteiger partial charge in [0, 0.05) is 51.5 Å². The van der Waals surface area contributed by atoms with Crippen LogP contribution in [-0.4, -0.2) is 78.9 Å². The molecule has 0 unspecified atom stereocenters. The van der Waals surface area contributed by atoms with Crippen LogP contribution in [0, 0.1) is 0 Å². The molecule has 6 heteroatoms. The van der Waals surface area contributed by atoms with Gasteiger partial charge in [0.15, 0.2) is 0 Å². The average Bonchev–Trinajstić information content (AvgIpc) is 3.39. The van der Waals surface area contributed by atoms with E-state index in [2.05, 4.69) is 46.2 Å². The van der Waals surface area contributed by atoms with E-state index >= 15 is 0 Å². The zero-order valence-corrected chi connectivity index (χ0v) is 18.7. The molecule has 6 nitrogen and oxygen atoms in total. The lowest BCUT2D eigenvalue weighted by Crippen LogP contribution is -2.53. The second-order valence-corrected chi connectivity index (χ2v) is 9.06. The van der Waals surface area contributed by atoms with Crippen molar-refractivity contribution in [2.45, 2.75) is 25.3 Å². The maximum absolute atomic E-state index is 13.5. The third-order valence-electron chi connectivity index (χ3n) is 7.13. The first-order chi connectivity index (χ1) is 15.7. The molecule has 1 atom stereocenters. The fourth-order valence-electron chi connectivity index (χ4n) is 5.32. The molecular weight excluding hydrogens is 400 g/mol. The van der Waals surface area contributed by atoms with E-state index in [1.165, 1.54) is 11.3 Å². The summed E-state index contributed by atoms with van der Waals surface area (Å²) in [6.45, 7) is 5.86. The van der Waals surface area contributed by atoms with Gasteiger partial charge in [0.1, 0.15) is 6.04 Å². The van der Waals surface area contributed by atoms with E-state index in [-0.39, 0.29) is 17.9 Å². The van der Waals surface area contributed by atoms with E-state index < -0.39 is 0 Å². The fourth-order valence-corrected chi connectivity index (χ4v) is 5.32. The Bertz CT molecular complexity index is 949. The molecule has 0 N–H and O–H groups in total. The van der Waals surface area contributed by atoms with Crippen LogP contribution in [0.2, 0.25) is 0 Å². The van der Waals surface area contributed by atoms with Crippen molar-refractivity contribution in [3.8, 4) is 0 Å². The van der Waals surface area contributed by atoms with Gasteiger partial charge < -0.3 is 14.7 Å². The molecule has 5 rings (SSSR count). The number of amides is 2. The summed E-state index contributed by atoms with van der Waals surface area (Å²) in [5.74, 6) is 0.299. The zero-order chi connectivity index (χ0) is 21.9. The van der Waals surface area contributed by atoms with Crippen LogP contribution in [0.25, 0.3) is 0 Å². The van der Waals surface area contributed by atoms with Gasteiger partial charge in [-0.25, -0.2) is 0 Å². The topological polar surface area (TPSA) is 47.1 Å². The standard InChI is InChI=1S/C26H32N4O2/c31-24(28-18-16-27(17-19-28)22-9-2-1-3-10-22)20-30-15-12-21-8-4-5-11-23(21)25(30)26(32)29-13-6-7-14-29/h1-5,8-11,25H,6-7,12-20H2/t25-/m1/s1. The Morgan fingerprint density at radius 2 is 1.44 bits per heavy atom. The maximum atomic E-state index is 13.5. The molecule has 0 bridgehead atoms. The molecule has 32 heavy (non-hydrogen) atoms. The van der Waals surface area contributed by atoms with E-state index in [4.69, 9.17) is 0 Å². The summed E-state index contributed by atoms with van der Waals surface area (Å²) in [4.78, 5) is 35.1. The van der Waals surface area contributed by atoms with Crippen LogP contribution in [0.3, 0.4) is 0 Å². The van der Waals surface area contributed by atoms with Gasteiger partial charge in [0.2, 0.25) is 11.8 Å². The minimum absolute atomic E-state index is 0.135. The van der Waals surface area contributed by atoms with E-state index in [1.807, 2.05) is 28.0 Å². The fraction of sp³-hybridized carbons (Fsp3) is 0.462. The van der Waals surface area contributed by atoms with Gasteiger partial charge in [-0.15, -0.1) is 0 Å². The number of fused-ring (bicyclic) bond motifs is 1. The van der Waals surface area contributed by atoms with Gasteiger partial charge in [-0.1, -0.05) is 42.5 Å². The molecule has 3 aliphatic heterocycles. The number of piperazine rings is 1. The molecular formula is C26H32N4O2. The molecule has 2 fully saturated rings. The second kappa shape index (κ2) is 9.33. The highest BCUT2D eigenvalue weighted by Gasteiger charge is 2.37. The van der Waals surface area contributed by atoms with Gasteiger partial charge in [-0.3, -0.25) is 14.5 Å². The van der Waals surface area contributed by atoms with Crippen LogP contribution in [-0.2, 0) is 16.0 Å². The highest BCUT2D eigenvalue weighted by Crippen LogP contribution is 2.32. The highest BCUT2D eigenvalue weighted by atomic mass is 16.2. The van der Waals surface area contributed by atoms with E-state index in [0.29, 0.717) is 6.54 Å². The van der Waals surface area contributed by atoms with Gasteiger partial charge in [-0.05, 0) is 42.5 Å². The van der Waals surface area contributed by atoms with Crippen molar-refractivity contribution in [1.29, 1.82) is 0 Å². The molecule has 2 amide bonds. The predicted molar refractivity (Wildman–Crippen MR) is 126 cm³/mol. The zero-order valence-electron chi connectivity index (χ0n) is 18.7. The third kappa shape index (κ3) is 4.24. The quantitative estimate of drug-likeness (QED) is 0.745. The van der Waals surface area contributed by atoms with E-state index in [0.717, 1.165) is 70.6 Å². The first-order valence-corrected chi connectivity index (χ1v) is 11.9. The SMILES string of the molecule is O=C(CN1CCc2ccccc2[C@@H]1C(=O)N1CCCC1)N1CCN(c2ccccc2)CC1. The Hall–Kier alpha value is -2.86. The first-order valence-electron chi connectivity index (χ1n) is 11.9. The Kier molecular flexibility index (Phi) is 6.12. The summed E-state index contributed by atoms with van der Waals surface area (Å²) < 4.78 is 0. The summed E-state index contributed by atoms with van der Waals surface area (Å²) in [7, 11) is 0. The lowest BCUT2D eigenvalue weighted by Gasteiger charge is -2.40. The predicted octanol–water partition coefficient (Wildman–Crippen LogP) is 2.56. The van der Waals surface area contributed by atoms with E-state index in [1.54, 1.807) is 0 Å². The average molecular weight is 433 g/mol. The number of anilines is 1. The summed E-state index contributed by atoms with van der Waals surface area (Å²) in [5, 5.41) is 0. The number of carbonyl (C=O) groups excluding carboxylic acids is 2. The van der Waals surface area contributed by atoms with Crippen LogP contribution in [0.15, 0.2) is 54.6 Å². The van der Waals surface area contributed by atoms with Crippen molar-refractivity contribution in [2.75, 3.05) is 57.3 Å². The van der Waals surface area contributed by atoms with Crippen molar-refractivity contribution in [1.82, 2.24) is 14.7 Å². The molecule has 0 spiro atoms. The monoisotopic (exact) mass is 432 g/mol. The van der Waals surface area contributed by atoms with Gasteiger partial charge >= 0.3 is 0 Å². The summed E-state index contributed by atoms with van der Waals surface area (Å²) in [5.41, 5.74) is 3.53. The molecule has 0 aliphatic carbocycles. The number of benzene rings is 2. The molecule has 168 valence electrons. The molecule has 2 saturated heterocycles. The molecule has 0 aromatic heterocycles. The van der Waals surface area contributed by atoms with Crippen LogP contribution in [0.4, 0.5) is 5.69 Å². The Balaban J connectivity index is 1.27. The molecule has 2 aromatic carbocycles. The number of nitrogens with zero attached hydrogens (tertiary/aromatic N) is 4. The summed E-state index contributed by atoms with van der Waals surface area (Å²) in [6.07, 6.45) is 3.03. The highest BCUT2D eigenvalue weighted by molar-refractivity contribution is 5.86. The van der Waals surface area contributed by atoms with Crippen molar-refractivity contribution in [3.05, 3.63) is 65.7 Å². The second-order valence-electron chi connectivity index (χ2n) is 9.06. The Morgan fingerprint density at radius 1 is 0.750 bits per heavy atom. The maximum Gasteiger partial charge on any atom is 0.244 e. The molecule has 2 aromatic rings. The third-order valence-corrected chi connectivity index (χ3v) is 7.13. The summed E-state index contributed by atoms with van der Waals surface area (Å²) >= 11 is 0. The number of carbonyl (C=O) groups is 2. The van der Waals surface area contributed by atoms with Gasteiger partial charge in [-0.2, -0.15) is 0 Å². The Labute approximate surface area is 190 Å². The normalized spacial score (nSPS) is 21.5. The number of rotatable bonds is 4. The number of hydrogen-bond acceptors (Lipinski definition) is 4. The largest absolute Gasteiger partial charge is 0.368 e. The van der Waals surface area contributed by atoms with Crippen molar-refractivity contribution in [2.24, 2.45) is 0 Å². The van der Waals surface area contributed by atoms with Gasteiger partial charge in [0.25, 0.3) is 0 Å². The minimum atomic E-state index is -0.340. The molecule has 3 heterocycles. The molecule has 0 saturated carbocycles. The summed E-state index contributed by atoms with van der Waals surface area (Å²) in [6, 6.07) is 18.3. The number of hydrogen-bond donors (Lipinski definition) is 0. The molecule has 0 radical (unpaired) electrons. The number of para-hydroxylation sites is 1.